The van der Waals surface area contributed by atoms with Gasteiger partial charge in [-0.3, -0.25) is 0 Å². The predicted octanol–water partition coefficient (Wildman–Crippen LogP) is 14.1. The summed E-state index contributed by atoms with van der Waals surface area (Å²) in [6.45, 7) is 4.76. The number of hydrogen-bond donors (Lipinski definition) is 0. The van der Waals surface area contributed by atoms with E-state index in [1.807, 2.05) is 22.7 Å². The number of thiophene rings is 2. The van der Waals surface area contributed by atoms with Gasteiger partial charge in [-0.15, -0.1) is 22.7 Å². The van der Waals surface area contributed by atoms with E-state index in [-0.39, 0.29) is 5.41 Å². The van der Waals surface area contributed by atoms with Gasteiger partial charge >= 0.3 is 0 Å². The summed E-state index contributed by atoms with van der Waals surface area (Å²) in [4.78, 5) is 5.18. The molecule has 0 nitrogen and oxygen atoms in total. The van der Waals surface area contributed by atoms with Crippen molar-refractivity contribution in [2.45, 2.75) is 19.3 Å². The summed E-state index contributed by atoms with van der Waals surface area (Å²) in [5.74, 6) is 0. The third-order valence-corrected chi connectivity index (χ3v) is 12.3. The molecule has 1 aliphatic carbocycles. The molecule has 0 fully saturated rings. The van der Waals surface area contributed by atoms with Gasteiger partial charge < -0.3 is 0 Å². The fourth-order valence-electron chi connectivity index (χ4n) is 7.30. The predicted molar refractivity (Wildman–Crippen MR) is 212 cm³/mol. The first-order chi connectivity index (χ1) is 24.0. The van der Waals surface area contributed by atoms with E-state index in [0.29, 0.717) is 0 Å². The Hall–Kier alpha value is -5.28. The van der Waals surface area contributed by atoms with Crippen LogP contribution in [0.3, 0.4) is 0 Å². The van der Waals surface area contributed by atoms with Crippen molar-refractivity contribution in [3.63, 3.8) is 0 Å². The van der Waals surface area contributed by atoms with E-state index < -0.39 is 0 Å². The van der Waals surface area contributed by atoms with Crippen molar-refractivity contribution in [1.82, 2.24) is 0 Å². The summed E-state index contributed by atoms with van der Waals surface area (Å²) in [7, 11) is 0. The van der Waals surface area contributed by atoms with Crippen LogP contribution in [0.1, 0.15) is 25.0 Å². The Labute approximate surface area is 296 Å². The van der Waals surface area contributed by atoms with Gasteiger partial charge in [0.25, 0.3) is 0 Å². The molecule has 0 atom stereocenters. The highest BCUT2D eigenvalue weighted by molar-refractivity contribution is 7.19. The molecule has 0 spiro atoms. The Morgan fingerprint density at radius 3 is 1.08 bits per heavy atom. The van der Waals surface area contributed by atoms with Crippen LogP contribution in [0.15, 0.2) is 170 Å². The average Bonchev–Trinajstić information content (AvgIpc) is 3.91. The molecule has 0 bridgehead atoms. The zero-order valence-electron chi connectivity index (χ0n) is 27.5. The van der Waals surface area contributed by atoms with Gasteiger partial charge in [-0.25, -0.2) is 0 Å². The minimum Gasteiger partial charge on any atom is -0.135 e. The second-order valence-electron chi connectivity index (χ2n) is 13.4. The van der Waals surface area contributed by atoms with Crippen molar-refractivity contribution in [1.29, 1.82) is 0 Å². The molecule has 2 heterocycles. The van der Waals surface area contributed by atoms with Gasteiger partial charge in [0.2, 0.25) is 0 Å². The zero-order valence-corrected chi connectivity index (χ0v) is 29.1. The molecular formula is C47H34S2. The van der Waals surface area contributed by atoms with Crippen LogP contribution in [0, 0.1) is 0 Å². The lowest BCUT2D eigenvalue weighted by atomic mass is 9.80. The van der Waals surface area contributed by atoms with Gasteiger partial charge in [0, 0.05) is 24.9 Å². The van der Waals surface area contributed by atoms with Gasteiger partial charge in [-0.05, 0) is 115 Å². The van der Waals surface area contributed by atoms with E-state index in [0.717, 1.165) is 0 Å². The summed E-state index contributed by atoms with van der Waals surface area (Å²) in [6.07, 6.45) is 0. The second kappa shape index (κ2) is 12.0. The van der Waals surface area contributed by atoms with Crippen molar-refractivity contribution in [2.75, 3.05) is 0 Å². The average molecular weight is 663 g/mol. The highest BCUT2D eigenvalue weighted by Crippen LogP contribution is 2.51. The second-order valence-corrected chi connectivity index (χ2v) is 15.5. The van der Waals surface area contributed by atoms with Crippen LogP contribution in [-0.2, 0) is 5.41 Å². The fraction of sp³-hybridized carbons (Fsp3) is 0.0638. The molecule has 2 heteroatoms. The van der Waals surface area contributed by atoms with Crippen LogP contribution < -0.4 is 0 Å². The van der Waals surface area contributed by atoms with Gasteiger partial charge in [-0.1, -0.05) is 135 Å². The molecule has 2 aromatic heterocycles. The molecular weight excluding hydrogens is 629 g/mol. The van der Waals surface area contributed by atoms with Crippen LogP contribution in [-0.4, -0.2) is 0 Å². The quantitative estimate of drug-likeness (QED) is 0.166. The lowest BCUT2D eigenvalue weighted by Crippen LogP contribution is -2.15. The smallest absolute Gasteiger partial charge is 0.0349 e. The van der Waals surface area contributed by atoms with Crippen molar-refractivity contribution < 1.29 is 0 Å². The molecule has 0 unspecified atom stereocenters. The van der Waals surface area contributed by atoms with Crippen LogP contribution in [0.2, 0.25) is 0 Å². The summed E-state index contributed by atoms with van der Waals surface area (Å²) in [5, 5.41) is 0. The maximum atomic E-state index is 2.43. The van der Waals surface area contributed by atoms with Crippen LogP contribution in [0.25, 0.3) is 75.1 Å². The Balaban J connectivity index is 1.01. The lowest BCUT2D eigenvalue weighted by molar-refractivity contribution is 0.661. The van der Waals surface area contributed by atoms with Gasteiger partial charge in [0.1, 0.15) is 0 Å². The molecule has 234 valence electrons. The molecule has 0 radical (unpaired) electrons. The number of fused-ring (bicyclic) bond motifs is 3. The summed E-state index contributed by atoms with van der Waals surface area (Å²) >= 11 is 3.71. The summed E-state index contributed by atoms with van der Waals surface area (Å²) in [6, 6.07) is 62.5. The molecule has 0 aliphatic heterocycles. The Kier molecular flexibility index (Phi) is 7.30. The highest BCUT2D eigenvalue weighted by Gasteiger charge is 2.36. The lowest BCUT2D eigenvalue weighted by Gasteiger charge is -2.23. The SMILES string of the molecule is CC1(C)c2cc(-c3cccc(-c4ccc(-c5ccccc5)s4)c3)ccc2-c2ccc(-c3cccc(-c4ccc(-c5ccccc5)s4)c3)cc21. The molecule has 0 saturated carbocycles. The monoisotopic (exact) mass is 662 g/mol. The molecule has 9 rings (SSSR count). The van der Waals surface area contributed by atoms with Crippen molar-refractivity contribution >= 4 is 22.7 Å². The highest BCUT2D eigenvalue weighted by atomic mass is 32.1. The Morgan fingerprint density at radius 1 is 0.306 bits per heavy atom. The normalized spacial score (nSPS) is 12.9. The van der Waals surface area contributed by atoms with E-state index in [2.05, 4.69) is 184 Å². The minimum atomic E-state index is -0.109. The number of hydrogen-bond acceptors (Lipinski definition) is 2. The molecule has 1 aliphatic rings. The molecule has 49 heavy (non-hydrogen) atoms. The minimum absolute atomic E-state index is 0.109. The molecule has 0 amide bonds. The van der Waals surface area contributed by atoms with E-state index in [9.17, 15) is 0 Å². The van der Waals surface area contributed by atoms with E-state index in [4.69, 9.17) is 0 Å². The van der Waals surface area contributed by atoms with Crippen LogP contribution in [0.4, 0.5) is 0 Å². The van der Waals surface area contributed by atoms with Crippen molar-refractivity contribution in [3.8, 4) is 75.1 Å². The Morgan fingerprint density at radius 2 is 0.653 bits per heavy atom. The first-order valence-electron chi connectivity index (χ1n) is 16.8. The molecule has 8 aromatic rings. The largest absolute Gasteiger partial charge is 0.135 e. The first kappa shape index (κ1) is 29.8. The number of benzene rings is 6. The number of rotatable bonds is 6. The van der Waals surface area contributed by atoms with Crippen LogP contribution >= 0.6 is 22.7 Å². The molecule has 6 aromatic carbocycles. The van der Waals surface area contributed by atoms with Crippen molar-refractivity contribution in [3.05, 3.63) is 181 Å². The third-order valence-electron chi connectivity index (χ3n) is 9.97. The third kappa shape index (κ3) is 5.38. The van der Waals surface area contributed by atoms with E-state index >= 15 is 0 Å². The molecule has 0 saturated heterocycles. The van der Waals surface area contributed by atoms with Gasteiger partial charge in [-0.2, -0.15) is 0 Å². The maximum absolute atomic E-state index is 2.43. The fourth-order valence-corrected chi connectivity index (χ4v) is 9.32. The topological polar surface area (TPSA) is 0 Å². The first-order valence-corrected chi connectivity index (χ1v) is 18.5. The van der Waals surface area contributed by atoms with Crippen molar-refractivity contribution in [2.24, 2.45) is 0 Å². The molecule has 0 N–H and O–H groups in total. The summed E-state index contributed by atoms with van der Waals surface area (Å²) < 4.78 is 0. The van der Waals surface area contributed by atoms with E-state index in [1.54, 1.807) is 0 Å². The van der Waals surface area contributed by atoms with E-state index in [1.165, 1.54) is 86.3 Å². The maximum Gasteiger partial charge on any atom is 0.0349 e. The van der Waals surface area contributed by atoms with Crippen LogP contribution in [0.5, 0.6) is 0 Å². The van der Waals surface area contributed by atoms with Gasteiger partial charge in [0.05, 0.1) is 0 Å². The van der Waals surface area contributed by atoms with Gasteiger partial charge in [0.15, 0.2) is 0 Å². The Bertz CT molecular complexity index is 2290. The zero-order chi connectivity index (χ0) is 33.0. The standard InChI is InChI=1S/C47H34S2/c1-47(2)41-29-35(33-15-9-17-37(27-33)45-25-23-43(48-45)31-11-5-3-6-12-31)19-21-39(41)40-22-20-36(30-42(40)47)34-16-10-18-38(28-34)46-26-24-44(49-46)32-13-7-4-8-14-32/h3-30H,1-2H3. The summed E-state index contributed by atoms with van der Waals surface area (Å²) in [5.41, 5.74) is 15.5.